The predicted octanol–water partition coefficient (Wildman–Crippen LogP) is 4.43. The van der Waals surface area contributed by atoms with Crippen LogP contribution in [0.1, 0.15) is 48.9 Å². The van der Waals surface area contributed by atoms with Gasteiger partial charge in [-0.2, -0.15) is 0 Å². The average molecular weight is 399 g/mol. The third kappa shape index (κ3) is 4.53. The van der Waals surface area contributed by atoms with Crippen LogP contribution in [0, 0.1) is 5.92 Å². The van der Waals surface area contributed by atoms with E-state index in [1.807, 2.05) is 12.1 Å². The van der Waals surface area contributed by atoms with E-state index in [9.17, 15) is 9.59 Å². The summed E-state index contributed by atoms with van der Waals surface area (Å²) in [7, 11) is 0. The molecule has 2 aromatic rings. The lowest BCUT2D eigenvalue weighted by molar-refractivity contribution is -0.122. The van der Waals surface area contributed by atoms with Crippen molar-refractivity contribution < 1.29 is 14.3 Å². The van der Waals surface area contributed by atoms with Crippen molar-refractivity contribution >= 4 is 23.3 Å². The molecule has 1 amide bonds. The summed E-state index contributed by atoms with van der Waals surface area (Å²) in [5.41, 5.74) is 1.74. The molecular formula is C22H23ClN2O3. The molecule has 28 heavy (non-hydrogen) atoms. The number of Topliss-reactive ketones (excluding diaryl/α,β-unsaturated/α-hetero) is 1. The van der Waals surface area contributed by atoms with E-state index < -0.39 is 6.04 Å². The fourth-order valence-electron chi connectivity index (χ4n) is 3.39. The van der Waals surface area contributed by atoms with Crippen LogP contribution >= 0.6 is 11.6 Å². The van der Waals surface area contributed by atoms with Crippen molar-refractivity contribution in [1.82, 2.24) is 10.3 Å². The van der Waals surface area contributed by atoms with Gasteiger partial charge < -0.3 is 10.1 Å². The van der Waals surface area contributed by atoms with Crippen LogP contribution in [0.2, 0.25) is 5.02 Å². The van der Waals surface area contributed by atoms with Gasteiger partial charge in [0.15, 0.2) is 5.78 Å². The number of amides is 1. The summed E-state index contributed by atoms with van der Waals surface area (Å²) in [5.74, 6) is 0.930. The number of ether oxygens (including phenoxy) is 1. The van der Waals surface area contributed by atoms with Crippen molar-refractivity contribution in [1.29, 1.82) is 0 Å². The maximum Gasteiger partial charge on any atom is 0.254 e. The molecule has 1 aromatic heterocycles. The first kappa shape index (κ1) is 18.9. The zero-order valence-electron chi connectivity index (χ0n) is 15.6. The first-order valence-electron chi connectivity index (χ1n) is 9.83. The maximum absolute atomic E-state index is 12.9. The topological polar surface area (TPSA) is 68.3 Å². The lowest BCUT2D eigenvalue weighted by Gasteiger charge is -2.22. The summed E-state index contributed by atoms with van der Waals surface area (Å²) in [5, 5.41) is 3.51. The van der Waals surface area contributed by atoms with Gasteiger partial charge in [-0.05, 0) is 49.8 Å². The van der Waals surface area contributed by atoms with Gasteiger partial charge in [0.25, 0.3) is 5.91 Å². The van der Waals surface area contributed by atoms with E-state index in [2.05, 4.69) is 10.3 Å². The number of carbonyl (C=O) groups excluding carboxylic acids is 2. The van der Waals surface area contributed by atoms with Gasteiger partial charge >= 0.3 is 0 Å². The second-order valence-electron chi connectivity index (χ2n) is 7.55. The molecule has 0 unspecified atom stereocenters. The number of hydrogen-bond donors (Lipinski definition) is 1. The van der Waals surface area contributed by atoms with Crippen LogP contribution in [0.5, 0.6) is 5.88 Å². The molecule has 1 N–H and O–H groups in total. The molecule has 1 aromatic carbocycles. The molecule has 0 aliphatic heterocycles. The van der Waals surface area contributed by atoms with E-state index in [0.717, 1.165) is 18.4 Å². The number of rotatable bonds is 6. The summed E-state index contributed by atoms with van der Waals surface area (Å²) in [6, 6.07) is 10.2. The third-order valence-electron chi connectivity index (χ3n) is 5.26. The van der Waals surface area contributed by atoms with Crippen LogP contribution < -0.4 is 10.1 Å². The van der Waals surface area contributed by atoms with E-state index in [1.165, 1.54) is 12.8 Å². The predicted molar refractivity (Wildman–Crippen MR) is 108 cm³/mol. The van der Waals surface area contributed by atoms with Gasteiger partial charge in [-0.25, -0.2) is 4.98 Å². The third-order valence-corrected chi connectivity index (χ3v) is 5.51. The Morgan fingerprint density at radius 1 is 1.11 bits per heavy atom. The summed E-state index contributed by atoms with van der Waals surface area (Å²) in [6.07, 6.45) is 5.46. The summed E-state index contributed by atoms with van der Waals surface area (Å²) in [4.78, 5) is 29.6. The van der Waals surface area contributed by atoms with Crippen LogP contribution in [0.25, 0.3) is 11.3 Å². The molecular weight excluding hydrogens is 376 g/mol. The van der Waals surface area contributed by atoms with E-state index in [-0.39, 0.29) is 11.7 Å². The first-order chi connectivity index (χ1) is 13.6. The minimum absolute atomic E-state index is 0.102. The lowest BCUT2D eigenvalue weighted by Crippen LogP contribution is -2.42. The number of nitrogens with one attached hydrogen (secondary N) is 1. The molecule has 4 rings (SSSR count). The molecule has 0 spiro atoms. The van der Waals surface area contributed by atoms with Crippen LogP contribution in [0.3, 0.4) is 0 Å². The minimum atomic E-state index is -0.412. The van der Waals surface area contributed by atoms with Crippen molar-refractivity contribution in [3.63, 3.8) is 0 Å². The van der Waals surface area contributed by atoms with Crippen LogP contribution in [-0.2, 0) is 4.79 Å². The monoisotopic (exact) mass is 398 g/mol. The Labute approximate surface area is 169 Å². The van der Waals surface area contributed by atoms with Crippen molar-refractivity contribution in [3.8, 4) is 17.1 Å². The summed E-state index contributed by atoms with van der Waals surface area (Å²) >= 11 is 6.01. The summed E-state index contributed by atoms with van der Waals surface area (Å²) in [6.45, 7) is 0.648. The van der Waals surface area contributed by atoms with Crippen molar-refractivity contribution in [3.05, 3.63) is 47.0 Å². The number of pyridine rings is 1. The Balaban J connectivity index is 1.61. The largest absolute Gasteiger partial charge is 0.477 e. The van der Waals surface area contributed by atoms with Gasteiger partial charge in [0.2, 0.25) is 5.88 Å². The van der Waals surface area contributed by atoms with Crippen molar-refractivity contribution in [2.45, 2.75) is 44.6 Å². The summed E-state index contributed by atoms with van der Waals surface area (Å²) < 4.78 is 5.79. The Bertz CT molecular complexity index is 878. The maximum atomic E-state index is 12.9. The second kappa shape index (κ2) is 8.31. The smallest absolute Gasteiger partial charge is 0.254 e. The first-order valence-corrected chi connectivity index (χ1v) is 10.2. The molecule has 5 nitrogen and oxygen atoms in total. The number of ketones is 1. The second-order valence-corrected chi connectivity index (χ2v) is 7.98. The van der Waals surface area contributed by atoms with Crippen molar-refractivity contribution in [2.24, 2.45) is 5.92 Å². The van der Waals surface area contributed by atoms with E-state index in [1.54, 1.807) is 24.3 Å². The number of hydrogen-bond acceptors (Lipinski definition) is 4. The minimum Gasteiger partial charge on any atom is -0.477 e. The van der Waals surface area contributed by atoms with Gasteiger partial charge in [0.1, 0.15) is 0 Å². The Morgan fingerprint density at radius 2 is 1.89 bits per heavy atom. The highest BCUT2D eigenvalue weighted by atomic mass is 35.5. The molecule has 6 heteroatoms. The molecule has 2 aliphatic carbocycles. The molecule has 1 atom stereocenters. The Hall–Kier alpha value is -2.40. The average Bonchev–Trinajstić information content (AvgIpc) is 3.53. The van der Waals surface area contributed by atoms with Gasteiger partial charge in [-0.3, -0.25) is 9.59 Å². The Morgan fingerprint density at radius 3 is 2.61 bits per heavy atom. The van der Waals surface area contributed by atoms with Gasteiger partial charge in [-0.15, -0.1) is 0 Å². The molecule has 0 bridgehead atoms. The normalized spacial score (nSPS) is 19.3. The van der Waals surface area contributed by atoms with Crippen LogP contribution in [0.4, 0.5) is 0 Å². The van der Waals surface area contributed by atoms with Crippen molar-refractivity contribution in [2.75, 3.05) is 6.61 Å². The number of aromatic nitrogens is 1. The van der Waals surface area contributed by atoms with Gasteiger partial charge in [0, 0.05) is 23.1 Å². The van der Waals surface area contributed by atoms with E-state index in [4.69, 9.17) is 16.3 Å². The molecule has 2 aliphatic rings. The number of halogens is 1. The number of nitrogens with zero attached hydrogens (tertiary/aromatic N) is 1. The fraction of sp³-hybridized carbons (Fsp3) is 0.409. The fourth-order valence-corrected chi connectivity index (χ4v) is 3.52. The molecule has 0 saturated heterocycles. The van der Waals surface area contributed by atoms with Crippen LogP contribution in [-0.4, -0.2) is 29.3 Å². The zero-order chi connectivity index (χ0) is 19.5. The quantitative estimate of drug-likeness (QED) is 0.781. The van der Waals surface area contributed by atoms with E-state index in [0.29, 0.717) is 47.5 Å². The van der Waals surface area contributed by atoms with Gasteiger partial charge in [-0.1, -0.05) is 30.2 Å². The van der Waals surface area contributed by atoms with Crippen LogP contribution in [0.15, 0.2) is 36.4 Å². The SMILES string of the molecule is O=C(N[C@H]1CCCCC1=O)c1ccc(OCC2CC2)nc1-c1ccc(Cl)cc1. The molecule has 2 saturated carbocycles. The standard InChI is InChI=1S/C22H23ClN2O3/c23-16-9-7-15(8-10-16)21-17(11-12-20(25-21)28-13-14-5-6-14)22(27)24-18-3-1-2-4-19(18)26/h7-12,14,18H,1-6,13H2,(H,24,27)/t18-/m0/s1. The van der Waals surface area contributed by atoms with Gasteiger partial charge in [0.05, 0.1) is 23.9 Å². The highest BCUT2D eigenvalue weighted by Crippen LogP contribution is 2.31. The Kier molecular flexibility index (Phi) is 5.62. The number of benzene rings is 1. The molecule has 0 radical (unpaired) electrons. The molecule has 1 heterocycles. The number of carbonyl (C=O) groups is 2. The van der Waals surface area contributed by atoms with E-state index >= 15 is 0 Å². The molecule has 2 fully saturated rings. The highest BCUT2D eigenvalue weighted by Gasteiger charge is 2.26. The molecule has 146 valence electrons. The lowest BCUT2D eigenvalue weighted by atomic mass is 9.93. The highest BCUT2D eigenvalue weighted by molar-refractivity contribution is 6.30. The zero-order valence-corrected chi connectivity index (χ0v) is 16.4.